The van der Waals surface area contributed by atoms with Gasteiger partial charge in [-0.05, 0) is 54.2 Å². The van der Waals surface area contributed by atoms with Crippen LogP contribution in [0.1, 0.15) is 47.7 Å². The maximum Gasteiger partial charge on any atom is 0.326 e. The molecule has 3 rings (SSSR count). The Balaban J connectivity index is 1.92. The summed E-state index contributed by atoms with van der Waals surface area (Å²) in [6.45, 7) is 6.59. The van der Waals surface area contributed by atoms with Crippen LogP contribution in [0.25, 0.3) is 11.1 Å². The van der Waals surface area contributed by atoms with Crippen molar-refractivity contribution in [3.63, 3.8) is 0 Å². The van der Waals surface area contributed by atoms with Crippen LogP contribution in [0.15, 0.2) is 42.5 Å². The molecule has 2 aromatic carbocycles. The van der Waals surface area contributed by atoms with Crippen LogP contribution in [-0.4, -0.2) is 54.2 Å². The van der Waals surface area contributed by atoms with Crippen molar-refractivity contribution in [2.45, 2.75) is 51.8 Å². The summed E-state index contributed by atoms with van der Waals surface area (Å²) >= 11 is 0. The molecular formula is C25H32N2O4. The highest BCUT2D eigenvalue weighted by atomic mass is 16.5. The fourth-order valence-electron chi connectivity index (χ4n) is 4.16. The highest BCUT2D eigenvalue weighted by Crippen LogP contribution is 2.29. The van der Waals surface area contributed by atoms with Crippen LogP contribution >= 0.6 is 0 Å². The van der Waals surface area contributed by atoms with Crippen LogP contribution in [-0.2, 0) is 16.1 Å². The minimum atomic E-state index is -1.01. The van der Waals surface area contributed by atoms with Crippen molar-refractivity contribution in [2.75, 3.05) is 20.2 Å². The summed E-state index contributed by atoms with van der Waals surface area (Å²) in [5.74, 6) is -1.36. The second-order valence-electron chi connectivity index (χ2n) is 8.23. The van der Waals surface area contributed by atoms with Gasteiger partial charge in [-0.1, -0.05) is 43.7 Å². The molecule has 1 heterocycles. The molecule has 31 heavy (non-hydrogen) atoms. The molecule has 6 nitrogen and oxygen atoms in total. The predicted octanol–water partition coefficient (Wildman–Crippen LogP) is 3.87. The average molecular weight is 425 g/mol. The molecule has 2 atom stereocenters. The number of hydrogen-bond acceptors (Lipinski definition) is 4. The summed E-state index contributed by atoms with van der Waals surface area (Å²) < 4.78 is 5.47. The number of rotatable bonds is 9. The fraction of sp³-hybridized carbons (Fsp3) is 0.440. The van der Waals surface area contributed by atoms with Gasteiger partial charge in [-0.25, -0.2) is 4.79 Å². The lowest BCUT2D eigenvalue weighted by Crippen LogP contribution is -2.40. The van der Waals surface area contributed by atoms with E-state index in [0.29, 0.717) is 18.4 Å². The van der Waals surface area contributed by atoms with Crippen molar-refractivity contribution in [3.05, 3.63) is 59.2 Å². The molecule has 2 aromatic rings. The number of amides is 1. The number of likely N-dealkylation sites (tertiary alicyclic amines) is 1. The monoisotopic (exact) mass is 424 g/mol. The number of nitrogens with zero attached hydrogens (tertiary/aromatic N) is 1. The molecule has 0 unspecified atom stereocenters. The van der Waals surface area contributed by atoms with E-state index in [1.165, 1.54) is 0 Å². The van der Waals surface area contributed by atoms with Gasteiger partial charge in [0.05, 0.1) is 6.10 Å². The standard InChI is InChI=1S/C25H32N2O4/c1-4-7-23(25(29)30)26-24(28)21-11-10-18(15-27-13-12-19(16-27)31-3)14-22(21)20-9-6-5-8-17(20)2/h5-6,8-11,14,19,23H,4,7,12-13,15-16H2,1-3H3,(H,26,28)(H,29,30)/t19-,23+/m1/s1. The molecule has 2 N–H and O–H groups in total. The number of carboxylic acid groups (broad SMARTS) is 1. The SMILES string of the molecule is CCC[C@H](NC(=O)c1ccc(CN2CC[C@@H](OC)C2)cc1-c1ccccc1C)C(=O)O. The van der Waals surface area contributed by atoms with Crippen LogP contribution in [0.5, 0.6) is 0 Å². The fourth-order valence-corrected chi connectivity index (χ4v) is 4.16. The van der Waals surface area contributed by atoms with E-state index >= 15 is 0 Å². The third-order valence-electron chi connectivity index (χ3n) is 5.91. The summed E-state index contributed by atoms with van der Waals surface area (Å²) in [7, 11) is 1.75. The number of aryl methyl sites for hydroxylation is 1. The van der Waals surface area contributed by atoms with E-state index in [1.807, 2.05) is 50.2 Å². The molecule has 0 bridgehead atoms. The minimum Gasteiger partial charge on any atom is -0.480 e. The van der Waals surface area contributed by atoms with E-state index in [2.05, 4.69) is 16.3 Å². The van der Waals surface area contributed by atoms with E-state index in [1.54, 1.807) is 7.11 Å². The van der Waals surface area contributed by atoms with Crippen molar-refractivity contribution in [1.29, 1.82) is 0 Å². The van der Waals surface area contributed by atoms with Gasteiger partial charge in [0.15, 0.2) is 0 Å². The predicted molar refractivity (Wildman–Crippen MR) is 121 cm³/mol. The van der Waals surface area contributed by atoms with Gasteiger partial charge in [0, 0.05) is 32.3 Å². The Labute approximate surface area is 184 Å². The molecule has 0 aliphatic carbocycles. The highest BCUT2D eigenvalue weighted by Gasteiger charge is 2.24. The normalized spacial score (nSPS) is 17.5. The number of methoxy groups -OCH3 is 1. The number of hydrogen-bond donors (Lipinski definition) is 2. The summed E-state index contributed by atoms with van der Waals surface area (Å²) in [6.07, 6.45) is 2.37. The van der Waals surface area contributed by atoms with Gasteiger partial charge in [-0.15, -0.1) is 0 Å². The Morgan fingerprint density at radius 2 is 2.00 bits per heavy atom. The zero-order valence-corrected chi connectivity index (χ0v) is 18.6. The van der Waals surface area contributed by atoms with Crippen LogP contribution < -0.4 is 5.32 Å². The summed E-state index contributed by atoms with van der Waals surface area (Å²) in [4.78, 5) is 27.0. The molecule has 1 aliphatic rings. The van der Waals surface area contributed by atoms with E-state index in [0.717, 1.165) is 48.3 Å². The van der Waals surface area contributed by atoms with Gasteiger partial charge >= 0.3 is 5.97 Å². The molecule has 1 aliphatic heterocycles. The van der Waals surface area contributed by atoms with Gasteiger partial charge in [0.1, 0.15) is 6.04 Å². The van der Waals surface area contributed by atoms with Crippen LogP contribution in [0, 0.1) is 6.92 Å². The molecule has 0 aromatic heterocycles. The molecule has 166 valence electrons. The summed E-state index contributed by atoms with van der Waals surface area (Å²) in [5, 5.41) is 12.1. The summed E-state index contributed by atoms with van der Waals surface area (Å²) in [6, 6.07) is 12.9. The second kappa shape index (κ2) is 10.6. The summed E-state index contributed by atoms with van der Waals surface area (Å²) in [5.41, 5.74) is 4.49. The third kappa shape index (κ3) is 5.71. The number of carbonyl (C=O) groups is 2. The third-order valence-corrected chi connectivity index (χ3v) is 5.91. The lowest BCUT2D eigenvalue weighted by atomic mass is 9.93. The quantitative estimate of drug-likeness (QED) is 0.639. The van der Waals surface area contributed by atoms with Crippen LogP contribution in [0.3, 0.4) is 0 Å². The maximum atomic E-state index is 13.1. The second-order valence-corrected chi connectivity index (χ2v) is 8.23. The first-order valence-electron chi connectivity index (χ1n) is 10.9. The Morgan fingerprint density at radius 3 is 2.65 bits per heavy atom. The van der Waals surface area contributed by atoms with Crippen LogP contribution in [0.4, 0.5) is 0 Å². The molecule has 0 spiro atoms. The molecule has 1 fully saturated rings. The average Bonchev–Trinajstić information content (AvgIpc) is 3.21. The Morgan fingerprint density at radius 1 is 1.23 bits per heavy atom. The molecule has 1 amide bonds. The number of nitrogens with one attached hydrogen (secondary N) is 1. The molecule has 0 saturated carbocycles. The van der Waals surface area contributed by atoms with E-state index < -0.39 is 12.0 Å². The molecule has 6 heteroatoms. The van der Waals surface area contributed by atoms with Gasteiger partial charge in [-0.2, -0.15) is 0 Å². The smallest absolute Gasteiger partial charge is 0.326 e. The maximum absolute atomic E-state index is 13.1. The molecule has 1 saturated heterocycles. The number of carboxylic acids is 1. The lowest BCUT2D eigenvalue weighted by molar-refractivity contribution is -0.139. The van der Waals surface area contributed by atoms with Crippen LogP contribution in [0.2, 0.25) is 0 Å². The number of benzene rings is 2. The van der Waals surface area contributed by atoms with E-state index in [9.17, 15) is 14.7 Å². The Bertz CT molecular complexity index is 927. The number of carbonyl (C=O) groups excluding carboxylic acids is 1. The minimum absolute atomic E-state index is 0.271. The molecular weight excluding hydrogens is 392 g/mol. The lowest BCUT2D eigenvalue weighted by Gasteiger charge is -2.19. The zero-order valence-electron chi connectivity index (χ0n) is 18.6. The van der Waals surface area contributed by atoms with Crippen molar-refractivity contribution >= 4 is 11.9 Å². The first-order valence-corrected chi connectivity index (χ1v) is 10.9. The Hall–Kier alpha value is -2.70. The van der Waals surface area contributed by atoms with Crippen molar-refractivity contribution < 1.29 is 19.4 Å². The zero-order chi connectivity index (χ0) is 22.4. The largest absolute Gasteiger partial charge is 0.480 e. The van der Waals surface area contributed by atoms with Gasteiger partial charge < -0.3 is 15.2 Å². The molecule has 0 radical (unpaired) electrons. The Kier molecular flexibility index (Phi) is 7.82. The number of ether oxygens (including phenoxy) is 1. The van der Waals surface area contributed by atoms with Gasteiger partial charge in [0.2, 0.25) is 0 Å². The van der Waals surface area contributed by atoms with Crippen molar-refractivity contribution in [2.24, 2.45) is 0 Å². The van der Waals surface area contributed by atoms with Gasteiger partial charge in [0.25, 0.3) is 5.91 Å². The highest BCUT2D eigenvalue weighted by molar-refractivity contribution is 6.02. The van der Waals surface area contributed by atoms with E-state index in [4.69, 9.17) is 4.74 Å². The van der Waals surface area contributed by atoms with Crippen molar-refractivity contribution in [1.82, 2.24) is 10.2 Å². The van der Waals surface area contributed by atoms with Gasteiger partial charge in [-0.3, -0.25) is 9.69 Å². The number of aliphatic carboxylic acids is 1. The topological polar surface area (TPSA) is 78.9 Å². The first kappa shape index (κ1) is 23.0. The van der Waals surface area contributed by atoms with Crippen molar-refractivity contribution in [3.8, 4) is 11.1 Å². The first-order chi connectivity index (χ1) is 14.9. The van der Waals surface area contributed by atoms with E-state index in [-0.39, 0.29) is 12.0 Å².